The van der Waals surface area contributed by atoms with Crippen LogP contribution in [-0.4, -0.2) is 13.0 Å². The number of hydrogen-bond acceptors (Lipinski definition) is 2. The Hall–Kier alpha value is -1.27. The van der Waals surface area contributed by atoms with Crippen molar-refractivity contribution in [3.63, 3.8) is 0 Å². The van der Waals surface area contributed by atoms with E-state index in [4.69, 9.17) is 4.55 Å². The van der Waals surface area contributed by atoms with E-state index in [9.17, 15) is 17.2 Å². The van der Waals surface area contributed by atoms with Crippen LogP contribution in [0.3, 0.4) is 0 Å². The van der Waals surface area contributed by atoms with E-state index in [1.54, 1.807) is 6.92 Å². The molecule has 0 bridgehead atoms. The SMILES string of the molecule is C/C=C/c1cc(S(=O)(=O)O)cc(F)c1F. The zero-order valence-electron chi connectivity index (χ0n) is 7.74. The van der Waals surface area contributed by atoms with Gasteiger partial charge >= 0.3 is 0 Å². The highest BCUT2D eigenvalue weighted by Crippen LogP contribution is 2.19. The zero-order chi connectivity index (χ0) is 11.6. The molecule has 3 nitrogen and oxygen atoms in total. The summed E-state index contributed by atoms with van der Waals surface area (Å²) in [5.74, 6) is -2.47. The van der Waals surface area contributed by atoms with Crippen LogP contribution in [0.1, 0.15) is 12.5 Å². The molecule has 1 aromatic rings. The van der Waals surface area contributed by atoms with E-state index in [1.807, 2.05) is 0 Å². The van der Waals surface area contributed by atoms with Crippen LogP contribution in [0.5, 0.6) is 0 Å². The molecule has 0 atom stereocenters. The average molecular weight is 234 g/mol. The molecule has 0 saturated carbocycles. The van der Waals surface area contributed by atoms with E-state index in [-0.39, 0.29) is 5.56 Å². The molecule has 0 aliphatic carbocycles. The van der Waals surface area contributed by atoms with Crippen molar-refractivity contribution >= 4 is 16.2 Å². The summed E-state index contributed by atoms with van der Waals surface area (Å²) in [6, 6.07) is 1.28. The standard InChI is InChI=1S/C9H8F2O3S/c1-2-3-6-4-7(15(12,13)14)5-8(10)9(6)11/h2-5H,1H3,(H,12,13,14)/b3-2+. The number of rotatable bonds is 2. The predicted octanol–water partition coefficient (Wildman–Crippen LogP) is 2.24. The molecular formula is C9H8F2O3S. The number of benzene rings is 1. The van der Waals surface area contributed by atoms with Crippen LogP contribution in [-0.2, 0) is 10.1 Å². The summed E-state index contributed by atoms with van der Waals surface area (Å²) in [6.07, 6.45) is 2.62. The van der Waals surface area contributed by atoms with Gasteiger partial charge in [0.15, 0.2) is 11.6 Å². The molecule has 0 heterocycles. The highest BCUT2D eigenvalue weighted by Gasteiger charge is 2.16. The predicted molar refractivity (Wildman–Crippen MR) is 50.9 cm³/mol. The van der Waals surface area contributed by atoms with Crippen LogP contribution in [0.15, 0.2) is 23.1 Å². The van der Waals surface area contributed by atoms with Crippen molar-refractivity contribution in [2.24, 2.45) is 0 Å². The smallest absolute Gasteiger partial charge is 0.282 e. The molecule has 0 fully saturated rings. The molecule has 15 heavy (non-hydrogen) atoms. The molecule has 0 unspecified atom stereocenters. The largest absolute Gasteiger partial charge is 0.294 e. The second-order valence-electron chi connectivity index (χ2n) is 2.78. The van der Waals surface area contributed by atoms with Gasteiger partial charge in [0.25, 0.3) is 10.1 Å². The molecule has 1 aromatic carbocycles. The van der Waals surface area contributed by atoms with Crippen LogP contribution >= 0.6 is 0 Å². The van der Waals surface area contributed by atoms with E-state index in [1.165, 1.54) is 12.2 Å². The monoisotopic (exact) mass is 234 g/mol. The van der Waals surface area contributed by atoms with Gasteiger partial charge in [-0.25, -0.2) is 8.78 Å². The van der Waals surface area contributed by atoms with Gasteiger partial charge in [0.05, 0.1) is 4.90 Å². The second kappa shape index (κ2) is 4.08. The van der Waals surface area contributed by atoms with Crippen molar-refractivity contribution in [1.82, 2.24) is 0 Å². The molecule has 6 heteroatoms. The van der Waals surface area contributed by atoms with Crippen molar-refractivity contribution in [3.05, 3.63) is 35.4 Å². The fourth-order valence-electron chi connectivity index (χ4n) is 1.03. The van der Waals surface area contributed by atoms with E-state index in [2.05, 4.69) is 0 Å². The van der Waals surface area contributed by atoms with Crippen LogP contribution in [0.4, 0.5) is 8.78 Å². The molecular weight excluding hydrogens is 226 g/mol. The maximum Gasteiger partial charge on any atom is 0.294 e. The van der Waals surface area contributed by atoms with Crippen LogP contribution in [0, 0.1) is 11.6 Å². The molecule has 0 spiro atoms. The van der Waals surface area contributed by atoms with Gasteiger partial charge in [-0.1, -0.05) is 12.2 Å². The van der Waals surface area contributed by atoms with Gasteiger partial charge in [-0.2, -0.15) is 8.42 Å². The zero-order valence-corrected chi connectivity index (χ0v) is 8.55. The maximum absolute atomic E-state index is 13.1. The Morgan fingerprint density at radius 3 is 2.40 bits per heavy atom. The minimum atomic E-state index is -4.52. The summed E-state index contributed by atoms with van der Waals surface area (Å²) in [5.41, 5.74) is -0.231. The van der Waals surface area contributed by atoms with E-state index < -0.39 is 26.6 Å². The lowest BCUT2D eigenvalue weighted by Gasteiger charge is -2.02. The van der Waals surface area contributed by atoms with Crippen LogP contribution < -0.4 is 0 Å². The molecule has 0 radical (unpaired) electrons. The third kappa shape index (κ3) is 2.60. The lowest BCUT2D eigenvalue weighted by Crippen LogP contribution is -2.01. The molecule has 0 amide bonds. The van der Waals surface area contributed by atoms with Crippen molar-refractivity contribution in [3.8, 4) is 0 Å². The first-order valence-electron chi connectivity index (χ1n) is 3.95. The summed E-state index contributed by atoms with van der Waals surface area (Å²) < 4.78 is 56.0. The van der Waals surface area contributed by atoms with E-state index >= 15 is 0 Å². The van der Waals surface area contributed by atoms with Crippen LogP contribution in [0.2, 0.25) is 0 Å². The molecule has 0 aliphatic heterocycles. The van der Waals surface area contributed by atoms with Gasteiger partial charge in [-0.15, -0.1) is 0 Å². The average Bonchev–Trinajstić information content (AvgIpc) is 2.11. The molecule has 1 N–H and O–H groups in total. The Morgan fingerprint density at radius 1 is 1.33 bits per heavy atom. The van der Waals surface area contributed by atoms with E-state index in [0.29, 0.717) is 6.07 Å². The van der Waals surface area contributed by atoms with Gasteiger partial charge in [-0.3, -0.25) is 4.55 Å². The van der Waals surface area contributed by atoms with Gasteiger partial charge in [0.1, 0.15) is 0 Å². The number of halogens is 2. The maximum atomic E-state index is 13.1. The first kappa shape index (κ1) is 11.8. The summed E-state index contributed by atoms with van der Waals surface area (Å²) in [5, 5.41) is 0. The lowest BCUT2D eigenvalue weighted by molar-refractivity contribution is 0.476. The number of hydrogen-bond donors (Lipinski definition) is 1. The quantitative estimate of drug-likeness (QED) is 0.798. The molecule has 82 valence electrons. The van der Waals surface area contributed by atoms with Gasteiger partial charge in [0, 0.05) is 5.56 Å². The highest BCUT2D eigenvalue weighted by atomic mass is 32.2. The Balaban J connectivity index is 3.50. The summed E-state index contributed by atoms with van der Waals surface area (Å²) >= 11 is 0. The van der Waals surface area contributed by atoms with Gasteiger partial charge < -0.3 is 0 Å². The van der Waals surface area contributed by atoms with Crippen molar-refractivity contribution in [2.75, 3.05) is 0 Å². The number of allylic oxidation sites excluding steroid dienone is 1. The molecule has 1 rings (SSSR count). The Bertz CT molecular complexity index is 506. The third-order valence-electron chi connectivity index (χ3n) is 1.67. The summed E-state index contributed by atoms with van der Waals surface area (Å²) in [4.78, 5) is -0.672. The topological polar surface area (TPSA) is 54.4 Å². The first-order chi connectivity index (χ1) is 6.86. The highest BCUT2D eigenvalue weighted by molar-refractivity contribution is 7.85. The summed E-state index contributed by atoms with van der Waals surface area (Å²) in [7, 11) is -4.52. The fraction of sp³-hybridized carbons (Fsp3) is 0.111. The second-order valence-corrected chi connectivity index (χ2v) is 4.20. The van der Waals surface area contributed by atoms with Crippen molar-refractivity contribution < 1.29 is 21.8 Å². The summed E-state index contributed by atoms with van der Waals surface area (Å²) in [6.45, 7) is 1.57. The molecule has 0 aliphatic rings. The van der Waals surface area contributed by atoms with Gasteiger partial charge in [-0.05, 0) is 19.1 Å². The van der Waals surface area contributed by atoms with Crippen molar-refractivity contribution in [2.45, 2.75) is 11.8 Å². The van der Waals surface area contributed by atoms with E-state index in [0.717, 1.165) is 6.07 Å². The Labute approximate surface area is 85.8 Å². The normalized spacial score (nSPS) is 12.3. The third-order valence-corrected chi connectivity index (χ3v) is 2.51. The Kier molecular flexibility index (Phi) is 3.21. The molecule has 0 aromatic heterocycles. The fourth-order valence-corrected chi connectivity index (χ4v) is 1.56. The van der Waals surface area contributed by atoms with Crippen LogP contribution in [0.25, 0.3) is 6.08 Å². The lowest BCUT2D eigenvalue weighted by atomic mass is 10.2. The molecule has 0 saturated heterocycles. The van der Waals surface area contributed by atoms with Crippen molar-refractivity contribution in [1.29, 1.82) is 0 Å². The first-order valence-corrected chi connectivity index (χ1v) is 5.39. The minimum absolute atomic E-state index is 0.231. The van der Waals surface area contributed by atoms with Gasteiger partial charge in [0.2, 0.25) is 0 Å². The Morgan fingerprint density at radius 2 is 1.93 bits per heavy atom. The minimum Gasteiger partial charge on any atom is -0.282 e.